The maximum atomic E-state index is 13.3. The lowest BCUT2D eigenvalue weighted by molar-refractivity contribution is -0.390. The van der Waals surface area contributed by atoms with Crippen LogP contribution >= 0.6 is 0 Å². The van der Waals surface area contributed by atoms with E-state index >= 15 is 0 Å². The van der Waals surface area contributed by atoms with Gasteiger partial charge < -0.3 is 5.32 Å². The SMILES string of the molecule is O=C(NCc1cccc[nH+]1)c1c(F)cccc1F. The number of hydrogen-bond acceptors (Lipinski definition) is 1. The molecule has 2 rings (SSSR count). The second kappa shape index (κ2) is 5.35. The summed E-state index contributed by atoms with van der Waals surface area (Å²) in [6.45, 7) is 0.174. The van der Waals surface area contributed by atoms with Crippen LogP contribution in [0.15, 0.2) is 42.6 Å². The zero-order valence-electron chi connectivity index (χ0n) is 9.41. The lowest BCUT2D eigenvalue weighted by Crippen LogP contribution is -2.28. The van der Waals surface area contributed by atoms with Gasteiger partial charge in [0.1, 0.15) is 23.7 Å². The van der Waals surface area contributed by atoms with Crippen LogP contribution in [0.4, 0.5) is 8.78 Å². The summed E-state index contributed by atoms with van der Waals surface area (Å²) in [5.41, 5.74) is 0.177. The summed E-state index contributed by atoms with van der Waals surface area (Å²) in [7, 11) is 0. The first-order chi connectivity index (χ1) is 8.68. The minimum atomic E-state index is -0.871. The standard InChI is InChI=1S/C13H10F2N2O/c14-10-5-3-6-11(15)12(10)13(18)17-8-9-4-1-2-7-16-9/h1-7H,8H2,(H,17,18)/p+1. The van der Waals surface area contributed by atoms with Crippen LogP contribution in [-0.4, -0.2) is 5.91 Å². The van der Waals surface area contributed by atoms with Crippen LogP contribution in [0.1, 0.15) is 16.1 Å². The van der Waals surface area contributed by atoms with Crippen LogP contribution in [0.25, 0.3) is 0 Å². The fraction of sp³-hybridized carbons (Fsp3) is 0.0769. The molecule has 1 amide bonds. The van der Waals surface area contributed by atoms with Gasteiger partial charge in [0, 0.05) is 12.1 Å². The number of carbonyl (C=O) groups is 1. The predicted octanol–water partition coefficient (Wildman–Crippen LogP) is 1.71. The van der Waals surface area contributed by atoms with Crippen LogP contribution in [0, 0.1) is 11.6 Å². The summed E-state index contributed by atoms with van der Waals surface area (Å²) < 4.78 is 26.6. The Morgan fingerprint density at radius 1 is 1.11 bits per heavy atom. The van der Waals surface area contributed by atoms with Gasteiger partial charge in [0.05, 0.1) is 0 Å². The molecule has 0 unspecified atom stereocenters. The summed E-state index contributed by atoms with van der Waals surface area (Å²) in [6.07, 6.45) is 1.70. The molecule has 0 bridgehead atoms. The van der Waals surface area contributed by atoms with Crippen LogP contribution in [0.2, 0.25) is 0 Å². The molecule has 0 spiro atoms. The van der Waals surface area contributed by atoms with Crippen molar-refractivity contribution in [2.75, 3.05) is 0 Å². The Bertz CT molecular complexity index is 538. The molecule has 0 saturated carbocycles. The minimum absolute atomic E-state index is 0.174. The van der Waals surface area contributed by atoms with E-state index in [0.29, 0.717) is 0 Å². The Kier molecular flexibility index (Phi) is 3.62. The van der Waals surface area contributed by atoms with Gasteiger partial charge in [0.25, 0.3) is 5.91 Å². The zero-order valence-corrected chi connectivity index (χ0v) is 9.41. The van der Waals surface area contributed by atoms with Crippen molar-refractivity contribution in [2.24, 2.45) is 0 Å². The number of benzene rings is 1. The maximum Gasteiger partial charge on any atom is 0.257 e. The highest BCUT2D eigenvalue weighted by molar-refractivity contribution is 5.94. The summed E-state index contributed by atoms with van der Waals surface area (Å²) in [5.74, 6) is -2.52. The van der Waals surface area contributed by atoms with Crippen molar-refractivity contribution in [3.05, 3.63) is 65.5 Å². The van der Waals surface area contributed by atoms with Gasteiger partial charge in [-0.25, -0.2) is 13.8 Å². The number of carbonyl (C=O) groups excluding carboxylic acids is 1. The van der Waals surface area contributed by atoms with Crippen LogP contribution in [0.3, 0.4) is 0 Å². The van der Waals surface area contributed by atoms with Gasteiger partial charge >= 0.3 is 0 Å². The van der Waals surface area contributed by atoms with E-state index < -0.39 is 23.1 Å². The molecule has 0 radical (unpaired) electrons. The van der Waals surface area contributed by atoms with Gasteiger partial charge in [0.2, 0.25) is 0 Å². The minimum Gasteiger partial charge on any atom is -0.342 e. The molecular weight excluding hydrogens is 238 g/mol. The molecule has 1 aromatic carbocycles. The summed E-state index contributed by atoms with van der Waals surface area (Å²) in [5, 5.41) is 2.45. The normalized spacial score (nSPS) is 10.1. The van der Waals surface area contributed by atoms with E-state index in [0.717, 1.165) is 17.8 Å². The maximum absolute atomic E-state index is 13.3. The molecule has 0 fully saturated rings. The van der Waals surface area contributed by atoms with E-state index in [1.165, 1.54) is 6.07 Å². The van der Waals surface area contributed by atoms with Crippen molar-refractivity contribution in [1.29, 1.82) is 0 Å². The Morgan fingerprint density at radius 3 is 2.44 bits per heavy atom. The van der Waals surface area contributed by atoms with Gasteiger partial charge in [0.15, 0.2) is 11.9 Å². The molecule has 0 aliphatic rings. The molecule has 18 heavy (non-hydrogen) atoms. The Morgan fingerprint density at radius 2 is 1.83 bits per heavy atom. The average molecular weight is 249 g/mol. The number of H-pyrrole nitrogens is 1. The van der Waals surface area contributed by atoms with E-state index in [-0.39, 0.29) is 6.54 Å². The Balaban J connectivity index is 2.09. The second-order valence-corrected chi connectivity index (χ2v) is 3.67. The van der Waals surface area contributed by atoms with Crippen LogP contribution < -0.4 is 10.3 Å². The largest absolute Gasteiger partial charge is 0.342 e. The van der Waals surface area contributed by atoms with E-state index in [2.05, 4.69) is 10.3 Å². The lowest BCUT2D eigenvalue weighted by atomic mass is 10.2. The third-order valence-corrected chi connectivity index (χ3v) is 2.40. The van der Waals surface area contributed by atoms with Crippen LogP contribution in [0.5, 0.6) is 0 Å². The average Bonchev–Trinajstić information content (AvgIpc) is 2.37. The Labute approximate surface area is 102 Å². The summed E-state index contributed by atoms with van der Waals surface area (Å²) in [4.78, 5) is 14.6. The number of halogens is 2. The van der Waals surface area contributed by atoms with Crippen LogP contribution in [-0.2, 0) is 6.54 Å². The van der Waals surface area contributed by atoms with E-state index in [9.17, 15) is 13.6 Å². The van der Waals surface area contributed by atoms with Crippen molar-refractivity contribution in [3.8, 4) is 0 Å². The molecule has 0 aliphatic carbocycles. The van der Waals surface area contributed by atoms with Crippen molar-refractivity contribution >= 4 is 5.91 Å². The molecule has 1 heterocycles. The molecule has 1 aromatic heterocycles. The first-order valence-corrected chi connectivity index (χ1v) is 5.36. The molecule has 0 atom stereocenters. The number of rotatable bonds is 3. The van der Waals surface area contributed by atoms with Gasteiger partial charge in [-0.3, -0.25) is 4.79 Å². The molecule has 2 aromatic rings. The quantitative estimate of drug-likeness (QED) is 0.884. The number of aromatic nitrogens is 1. The third kappa shape index (κ3) is 2.68. The molecule has 2 N–H and O–H groups in total. The molecule has 3 nitrogen and oxygen atoms in total. The lowest BCUT2D eigenvalue weighted by Gasteiger charge is -2.04. The van der Waals surface area contributed by atoms with Gasteiger partial charge in [-0.2, -0.15) is 0 Å². The zero-order chi connectivity index (χ0) is 13.0. The van der Waals surface area contributed by atoms with E-state index in [1.54, 1.807) is 24.4 Å². The topological polar surface area (TPSA) is 43.2 Å². The number of nitrogens with one attached hydrogen (secondary N) is 2. The van der Waals surface area contributed by atoms with Crippen molar-refractivity contribution in [2.45, 2.75) is 6.54 Å². The first-order valence-electron chi connectivity index (χ1n) is 5.36. The Hall–Kier alpha value is -2.30. The van der Waals surface area contributed by atoms with Crippen molar-refractivity contribution in [3.63, 3.8) is 0 Å². The van der Waals surface area contributed by atoms with E-state index in [4.69, 9.17) is 0 Å². The second-order valence-electron chi connectivity index (χ2n) is 3.67. The summed E-state index contributed by atoms with van der Waals surface area (Å²) in [6, 6.07) is 8.66. The molecule has 0 aliphatic heterocycles. The number of pyridine rings is 1. The highest BCUT2D eigenvalue weighted by Gasteiger charge is 2.17. The molecule has 92 valence electrons. The predicted molar refractivity (Wildman–Crippen MR) is 60.5 cm³/mol. The molecule has 0 saturated heterocycles. The molecular formula is C13H11F2N2O+. The fourth-order valence-corrected chi connectivity index (χ4v) is 1.52. The highest BCUT2D eigenvalue weighted by Crippen LogP contribution is 2.11. The van der Waals surface area contributed by atoms with Crippen molar-refractivity contribution in [1.82, 2.24) is 5.32 Å². The third-order valence-electron chi connectivity index (χ3n) is 2.40. The fourth-order valence-electron chi connectivity index (χ4n) is 1.52. The number of amides is 1. The first kappa shape index (κ1) is 12.2. The smallest absolute Gasteiger partial charge is 0.257 e. The van der Waals surface area contributed by atoms with Crippen molar-refractivity contribution < 1.29 is 18.6 Å². The highest BCUT2D eigenvalue weighted by atomic mass is 19.1. The van der Waals surface area contributed by atoms with Gasteiger partial charge in [-0.1, -0.05) is 12.1 Å². The summed E-state index contributed by atoms with van der Waals surface area (Å²) >= 11 is 0. The molecule has 5 heteroatoms. The van der Waals surface area contributed by atoms with Gasteiger partial charge in [-0.15, -0.1) is 0 Å². The number of hydrogen-bond donors (Lipinski definition) is 1. The number of aromatic amines is 1. The monoisotopic (exact) mass is 249 g/mol. The van der Waals surface area contributed by atoms with E-state index in [1.807, 2.05) is 0 Å². The van der Waals surface area contributed by atoms with Gasteiger partial charge in [-0.05, 0) is 12.1 Å².